The van der Waals surface area contributed by atoms with Crippen molar-refractivity contribution in [2.45, 2.75) is 83.7 Å². The molecule has 1 fully saturated rings. The first-order valence-electron chi connectivity index (χ1n) is 40.1. The van der Waals surface area contributed by atoms with E-state index in [0.717, 1.165) is 62.4 Å². The molecule has 26 nitrogen and oxygen atoms in total. The molecule has 125 heavy (non-hydrogen) atoms. The lowest BCUT2D eigenvalue weighted by Gasteiger charge is -2.17. The molecule has 19 rings (SSSR count). The van der Waals surface area contributed by atoms with E-state index in [4.69, 9.17) is 46.1 Å². The Balaban J connectivity index is 0.000000123. The number of alkyl halides is 3. The Morgan fingerprint density at radius 2 is 0.808 bits per heavy atom. The molecular weight excluding hydrogens is 1610 g/mol. The molecule has 1 aliphatic carbocycles. The number of methoxy groups -OCH3 is 2. The summed E-state index contributed by atoms with van der Waals surface area (Å²) in [5.41, 5.74) is 9.76. The van der Waals surface area contributed by atoms with Gasteiger partial charge in [0.2, 0.25) is 52.6 Å². The molecule has 1 aliphatic rings. The number of benzene rings is 7. The number of hydrogen-bond acceptors (Lipinski definition) is 27. The minimum Gasteiger partial charge on any atom is -0.497 e. The minimum absolute atomic E-state index is 0.0709. The summed E-state index contributed by atoms with van der Waals surface area (Å²) in [5.74, 6) is 9.60. The molecule has 18 aromatic rings. The topological polar surface area (TPSA) is 322 Å². The van der Waals surface area contributed by atoms with Crippen LogP contribution >= 0.6 is 11.3 Å². The van der Waals surface area contributed by atoms with Crippen LogP contribution in [-0.2, 0) is 12.6 Å². The molecule has 0 N–H and O–H groups in total. The van der Waals surface area contributed by atoms with Crippen molar-refractivity contribution in [3.8, 4) is 136 Å². The molecule has 0 saturated heterocycles. The van der Waals surface area contributed by atoms with E-state index in [9.17, 15) is 13.2 Å². The van der Waals surface area contributed by atoms with Gasteiger partial charge in [0, 0.05) is 112 Å². The average molecular weight is 1700 g/mol. The Kier molecular flexibility index (Phi) is 29.8. The highest BCUT2D eigenvalue weighted by molar-refractivity contribution is 7.16. The zero-order valence-corrected chi connectivity index (χ0v) is 69.3. The fourth-order valence-corrected chi connectivity index (χ4v) is 14.0. The van der Waals surface area contributed by atoms with Gasteiger partial charge >= 0.3 is 6.18 Å². The van der Waals surface area contributed by atoms with Crippen LogP contribution in [0.1, 0.15) is 105 Å². The van der Waals surface area contributed by atoms with Crippen LogP contribution in [0.3, 0.4) is 0 Å². The summed E-state index contributed by atoms with van der Waals surface area (Å²) in [7, 11) is 3.18. The molecule has 0 amide bonds. The van der Waals surface area contributed by atoms with Crippen LogP contribution in [-0.4, -0.2) is 108 Å². The van der Waals surface area contributed by atoms with Gasteiger partial charge in [-0.1, -0.05) is 209 Å². The van der Waals surface area contributed by atoms with Crippen LogP contribution < -0.4 is 18.9 Å². The molecule has 7 aromatic carbocycles. The second-order valence-corrected chi connectivity index (χ2v) is 28.6. The predicted molar refractivity (Wildman–Crippen MR) is 463 cm³/mol. The summed E-state index contributed by atoms with van der Waals surface area (Å²) in [6.07, 6.45) is 17.1. The van der Waals surface area contributed by atoms with Crippen molar-refractivity contribution >= 4 is 11.3 Å². The average Bonchev–Trinajstić information content (AvgIpc) is 1.63. The van der Waals surface area contributed by atoms with Gasteiger partial charge in [0.1, 0.15) is 16.4 Å². The maximum Gasteiger partial charge on any atom is 0.426 e. The van der Waals surface area contributed by atoms with Crippen LogP contribution in [0, 0.1) is 0 Å². The van der Waals surface area contributed by atoms with E-state index in [2.05, 4.69) is 99.8 Å². The van der Waals surface area contributed by atoms with Crippen molar-refractivity contribution in [2.75, 3.05) is 27.4 Å². The Morgan fingerprint density at radius 1 is 0.384 bits per heavy atom. The molecule has 11 aromatic heterocycles. The number of pyridine rings is 4. The van der Waals surface area contributed by atoms with Gasteiger partial charge in [0.15, 0.2) is 11.5 Å². The van der Waals surface area contributed by atoms with Gasteiger partial charge in [-0.05, 0) is 135 Å². The molecule has 1 saturated carbocycles. The van der Waals surface area contributed by atoms with Crippen molar-refractivity contribution in [3.63, 3.8) is 0 Å². The molecule has 0 radical (unpaired) electrons. The molecular formula is C95H83F3N16O10S. The highest BCUT2D eigenvalue weighted by atomic mass is 32.1. The summed E-state index contributed by atoms with van der Waals surface area (Å²) in [4.78, 5) is 42.0. The smallest absolute Gasteiger partial charge is 0.426 e. The van der Waals surface area contributed by atoms with Crippen LogP contribution in [0.25, 0.3) is 113 Å². The van der Waals surface area contributed by atoms with Gasteiger partial charge in [-0.3, -0.25) is 19.9 Å². The number of thiophene rings is 1. The Bertz CT molecular complexity index is 6230. The fourth-order valence-electron chi connectivity index (χ4n) is 13.0. The molecule has 630 valence electrons. The van der Waals surface area contributed by atoms with E-state index in [1.165, 1.54) is 43.7 Å². The lowest BCUT2D eigenvalue weighted by molar-refractivity contribution is -0.133. The second-order valence-electron chi connectivity index (χ2n) is 27.6. The van der Waals surface area contributed by atoms with E-state index >= 15 is 0 Å². The van der Waals surface area contributed by atoms with E-state index in [1.54, 1.807) is 112 Å². The molecule has 1 unspecified atom stereocenters. The summed E-state index contributed by atoms with van der Waals surface area (Å²) < 4.78 is 94.0. The Labute approximate surface area is 720 Å². The zero-order valence-electron chi connectivity index (χ0n) is 68.5. The number of ether oxygens (including phenoxy) is 4. The predicted octanol–water partition coefficient (Wildman–Crippen LogP) is 22.7. The molecule has 1 atom stereocenters. The van der Waals surface area contributed by atoms with Crippen molar-refractivity contribution in [2.24, 2.45) is 0 Å². The van der Waals surface area contributed by atoms with Crippen LogP contribution in [0.4, 0.5) is 13.2 Å². The SMILES string of the molecule is CCC(c1ccccc1)c1nc(-c2ccncc2)no1.CCOc1ccc(-c2nc(-c3ccccc3)no2)cc1OCC.COc1cc(OC)cc(-c2nc(-c3ccncc3)no2)c1.FC(F)(F)c1sc(-c2nc(-c3ccccc3)no2)cc1-c1ccccc1.c1cc(-c2noc(C3CCCCC3)n2)ccn1.c1ccc(Cc2nc(-c3ccncc3)no2)cc1. The Hall–Kier alpha value is -15.3. The quantitative estimate of drug-likeness (QED) is 0.0608. The van der Waals surface area contributed by atoms with Crippen LogP contribution in [0.2, 0.25) is 0 Å². The highest BCUT2D eigenvalue weighted by Crippen LogP contribution is 2.46. The number of nitrogens with zero attached hydrogens (tertiary/aromatic N) is 16. The Morgan fingerprint density at radius 3 is 1.31 bits per heavy atom. The molecule has 11 heterocycles. The van der Waals surface area contributed by atoms with Crippen molar-refractivity contribution in [3.05, 3.63) is 326 Å². The third kappa shape index (κ3) is 23.4. The first-order valence-corrected chi connectivity index (χ1v) is 40.9. The van der Waals surface area contributed by atoms with Crippen LogP contribution in [0.5, 0.6) is 23.0 Å². The largest absolute Gasteiger partial charge is 0.497 e. The third-order valence-corrected chi connectivity index (χ3v) is 20.4. The van der Waals surface area contributed by atoms with Gasteiger partial charge in [-0.15, -0.1) is 11.3 Å². The first-order chi connectivity index (χ1) is 61.4. The highest BCUT2D eigenvalue weighted by Gasteiger charge is 2.37. The monoisotopic (exact) mass is 1700 g/mol. The second kappa shape index (κ2) is 43.2. The summed E-state index contributed by atoms with van der Waals surface area (Å²) >= 11 is 0.602. The maximum absolute atomic E-state index is 13.5. The van der Waals surface area contributed by atoms with Gasteiger partial charge < -0.3 is 46.1 Å². The van der Waals surface area contributed by atoms with E-state index < -0.39 is 11.1 Å². The first kappa shape index (κ1) is 86.1. The zero-order chi connectivity index (χ0) is 86.4. The fraction of sp³-hybridized carbons (Fsp3) is 0.179. The standard InChI is InChI=1S/C19H11F3N2OS.C18H18N2O3.C16H15N3O.C15H13N3O3.C14H11N3O.C13H15N3O/c20-19(21,22)16-14(12-7-3-1-4-8-12)11-15(26-16)18-23-17(24-25-18)13-9-5-2-6-10-13;1-3-21-15-11-10-14(12-16(15)22-4-2)18-19-17(20-23-18)13-8-6-5-7-9-13;1-2-14(12-6-4-3-5-7-12)16-18-15(19-20-16)13-8-10-17-11-9-13;1-19-12-7-11(8-13(9-12)20-2)15-17-14(18-21-15)10-3-5-16-6-4-10;1-2-4-11(5-3-1)10-13-16-14(17-18-13)12-6-8-15-9-7-12;1-2-4-11(5-3-1)13-15-12(16-17-13)10-6-8-14-9-7-10/h1-11H;5-12H,3-4H2,1-2H3;3-11,14H,2H2,1H3;3-9H,1-2H3;1-9H,10H2;6-9,11H,1-5H2. The van der Waals surface area contributed by atoms with E-state index in [-0.39, 0.29) is 22.2 Å². The number of aromatic nitrogens is 16. The van der Waals surface area contributed by atoms with Gasteiger partial charge in [0.05, 0.1) is 44.6 Å². The molecule has 0 aliphatic heterocycles. The minimum atomic E-state index is -4.46. The van der Waals surface area contributed by atoms with E-state index in [1.807, 2.05) is 190 Å². The maximum atomic E-state index is 13.5. The van der Waals surface area contributed by atoms with Crippen LogP contribution in [0.15, 0.2) is 319 Å². The van der Waals surface area contributed by atoms with Crippen molar-refractivity contribution in [1.82, 2.24) is 80.8 Å². The lowest BCUT2D eigenvalue weighted by Crippen LogP contribution is -2.04. The number of rotatable bonds is 22. The van der Waals surface area contributed by atoms with Crippen molar-refractivity contribution < 1.29 is 59.3 Å². The normalized spacial score (nSPS) is 11.9. The third-order valence-electron chi connectivity index (χ3n) is 19.2. The molecule has 0 spiro atoms. The number of hydrogen-bond donors (Lipinski definition) is 0. The van der Waals surface area contributed by atoms with Crippen molar-refractivity contribution in [1.29, 1.82) is 0 Å². The van der Waals surface area contributed by atoms with E-state index in [0.29, 0.717) is 124 Å². The number of halogens is 3. The molecule has 0 bridgehead atoms. The van der Waals surface area contributed by atoms with Gasteiger partial charge in [-0.2, -0.15) is 43.1 Å². The van der Waals surface area contributed by atoms with Gasteiger partial charge in [0.25, 0.3) is 17.7 Å². The molecule has 30 heteroatoms. The summed E-state index contributed by atoms with van der Waals surface area (Å²) in [5, 5.41) is 24.0. The summed E-state index contributed by atoms with van der Waals surface area (Å²) in [6, 6.07) is 74.9. The van der Waals surface area contributed by atoms with Gasteiger partial charge in [-0.25, -0.2) is 0 Å². The summed E-state index contributed by atoms with van der Waals surface area (Å²) in [6.45, 7) is 7.13. The lowest BCUT2D eigenvalue weighted by atomic mass is 9.89.